The lowest BCUT2D eigenvalue weighted by Gasteiger charge is -2.10. The number of nitrogens with zero attached hydrogens (tertiary/aromatic N) is 2. The third-order valence-corrected chi connectivity index (χ3v) is 2.61. The molecule has 0 aliphatic rings. The van der Waals surface area contributed by atoms with Crippen molar-refractivity contribution in [3.05, 3.63) is 53.0 Å². The van der Waals surface area contributed by atoms with Gasteiger partial charge in [0.2, 0.25) is 5.88 Å². The number of carboxylic acids is 1. The summed E-state index contributed by atoms with van der Waals surface area (Å²) in [5, 5.41) is 18.1. The first kappa shape index (κ1) is 13.5. The van der Waals surface area contributed by atoms with Gasteiger partial charge in [-0.15, -0.1) is 0 Å². The van der Waals surface area contributed by atoms with Crippen molar-refractivity contribution >= 4 is 5.97 Å². The zero-order valence-electron chi connectivity index (χ0n) is 10.4. The van der Waals surface area contributed by atoms with Gasteiger partial charge in [-0.3, -0.25) is 0 Å². The molecule has 2 aromatic rings. The predicted molar refractivity (Wildman–Crippen MR) is 67.1 cm³/mol. The highest BCUT2D eigenvalue weighted by Gasteiger charge is 2.16. The third kappa shape index (κ3) is 2.57. The Kier molecular flexibility index (Phi) is 3.62. The van der Waals surface area contributed by atoms with Gasteiger partial charge in [0, 0.05) is 6.20 Å². The summed E-state index contributed by atoms with van der Waals surface area (Å²) in [5.41, 5.74) is 0.516. The minimum absolute atomic E-state index is 0.0124. The van der Waals surface area contributed by atoms with Crippen LogP contribution in [-0.2, 0) is 0 Å². The van der Waals surface area contributed by atoms with Crippen LogP contribution in [0.1, 0.15) is 21.5 Å². The van der Waals surface area contributed by atoms with Crippen LogP contribution in [0.3, 0.4) is 0 Å². The maximum absolute atomic E-state index is 13.1. The van der Waals surface area contributed by atoms with E-state index in [9.17, 15) is 9.18 Å². The summed E-state index contributed by atoms with van der Waals surface area (Å²) in [5.74, 6) is -2.10. The van der Waals surface area contributed by atoms with E-state index in [0.29, 0.717) is 5.56 Å². The molecule has 0 aliphatic carbocycles. The predicted octanol–water partition coefficient (Wildman–Crippen LogP) is 2.89. The molecule has 6 heteroatoms. The molecule has 0 amide bonds. The fraction of sp³-hybridized carbons (Fsp3) is 0.0714. The average molecular weight is 272 g/mol. The number of benzene rings is 1. The van der Waals surface area contributed by atoms with Gasteiger partial charge in [0.25, 0.3) is 0 Å². The molecule has 0 spiro atoms. The molecule has 0 unspecified atom stereocenters. The highest BCUT2D eigenvalue weighted by Crippen LogP contribution is 2.28. The van der Waals surface area contributed by atoms with Crippen molar-refractivity contribution in [1.29, 1.82) is 5.26 Å². The van der Waals surface area contributed by atoms with E-state index in [2.05, 4.69) is 4.98 Å². The Hall–Kier alpha value is -2.94. The summed E-state index contributed by atoms with van der Waals surface area (Å²) in [6.45, 7) is 1.70. The maximum atomic E-state index is 13.1. The quantitative estimate of drug-likeness (QED) is 0.928. The summed E-state index contributed by atoms with van der Waals surface area (Å²) >= 11 is 0. The van der Waals surface area contributed by atoms with Crippen LogP contribution in [0.5, 0.6) is 11.6 Å². The number of aromatic nitrogens is 1. The van der Waals surface area contributed by atoms with Crippen molar-refractivity contribution in [2.24, 2.45) is 0 Å². The van der Waals surface area contributed by atoms with Crippen LogP contribution < -0.4 is 4.74 Å². The molecule has 0 saturated heterocycles. The Morgan fingerprint density at radius 3 is 2.85 bits per heavy atom. The van der Waals surface area contributed by atoms with Gasteiger partial charge in [0.15, 0.2) is 0 Å². The van der Waals surface area contributed by atoms with E-state index in [4.69, 9.17) is 15.1 Å². The zero-order valence-corrected chi connectivity index (χ0v) is 10.4. The minimum Gasteiger partial charge on any atom is -0.478 e. The lowest BCUT2D eigenvalue weighted by molar-refractivity contribution is 0.0693. The van der Waals surface area contributed by atoms with Gasteiger partial charge in [-0.25, -0.2) is 14.2 Å². The van der Waals surface area contributed by atoms with Gasteiger partial charge in [0.05, 0.1) is 0 Å². The van der Waals surface area contributed by atoms with Crippen molar-refractivity contribution in [3.8, 4) is 17.7 Å². The van der Waals surface area contributed by atoms with E-state index in [1.54, 1.807) is 13.0 Å². The third-order valence-electron chi connectivity index (χ3n) is 2.61. The molecule has 0 radical (unpaired) electrons. The number of carboxylic acid groups (broad SMARTS) is 1. The number of halogens is 1. The SMILES string of the molecule is Cc1ccnc(Oc2ccc(F)cc2C(=O)O)c1C#N. The molecule has 0 fully saturated rings. The van der Waals surface area contributed by atoms with Crippen LogP contribution in [-0.4, -0.2) is 16.1 Å². The summed E-state index contributed by atoms with van der Waals surface area (Å²) in [4.78, 5) is 15.0. The van der Waals surface area contributed by atoms with Crippen LogP contribution in [0.4, 0.5) is 4.39 Å². The smallest absolute Gasteiger partial charge is 0.339 e. The fourth-order valence-electron chi connectivity index (χ4n) is 1.61. The molecule has 0 bridgehead atoms. The van der Waals surface area contributed by atoms with E-state index >= 15 is 0 Å². The Morgan fingerprint density at radius 1 is 1.45 bits per heavy atom. The molecule has 2 rings (SSSR count). The van der Waals surface area contributed by atoms with Gasteiger partial charge < -0.3 is 9.84 Å². The average Bonchev–Trinajstić information content (AvgIpc) is 2.41. The van der Waals surface area contributed by atoms with Crippen molar-refractivity contribution < 1.29 is 19.0 Å². The number of ether oxygens (including phenoxy) is 1. The van der Waals surface area contributed by atoms with Crippen LogP contribution in [0.25, 0.3) is 0 Å². The van der Waals surface area contributed by atoms with Gasteiger partial charge >= 0.3 is 5.97 Å². The topological polar surface area (TPSA) is 83.2 Å². The molecule has 5 nitrogen and oxygen atoms in total. The summed E-state index contributed by atoms with van der Waals surface area (Å²) in [6, 6.07) is 6.67. The van der Waals surface area contributed by atoms with Gasteiger partial charge in [-0.1, -0.05) is 0 Å². The molecule has 1 aromatic heterocycles. The van der Waals surface area contributed by atoms with Gasteiger partial charge in [-0.2, -0.15) is 5.26 Å². The molecule has 1 heterocycles. The second-order valence-electron chi connectivity index (χ2n) is 3.97. The number of aryl methyl sites for hydroxylation is 1. The van der Waals surface area contributed by atoms with E-state index in [1.165, 1.54) is 12.3 Å². The Balaban J connectivity index is 2.49. The van der Waals surface area contributed by atoms with Gasteiger partial charge in [0.1, 0.15) is 28.8 Å². The number of nitriles is 1. The number of hydrogen-bond donors (Lipinski definition) is 1. The summed E-state index contributed by atoms with van der Waals surface area (Å²) in [6.07, 6.45) is 1.44. The summed E-state index contributed by atoms with van der Waals surface area (Å²) < 4.78 is 18.4. The number of pyridine rings is 1. The normalized spacial score (nSPS) is 9.85. The number of aromatic carboxylic acids is 1. The number of hydrogen-bond acceptors (Lipinski definition) is 4. The fourth-order valence-corrected chi connectivity index (χ4v) is 1.61. The lowest BCUT2D eigenvalue weighted by Crippen LogP contribution is -2.02. The van der Waals surface area contributed by atoms with E-state index < -0.39 is 11.8 Å². The van der Waals surface area contributed by atoms with E-state index in [-0.39, 0.29) is 22.8 Å². The largest absolute Gasteiger partial charge is 0.478 e. The van der Waals surface area contributed by atoms with Crippen LogP contribution in [0.2, 0.25) is 0 Å². The highest BCUT2D eigenvalue weighted by molar-refractivity contribution is 5.91. The summed E-state index contributed by atoms with van der Waals surface area (Å²) in [7, 11) is 0. The standard InChI is InChI=1S/C14H9FN2O3/c1-8-4-5-17-13(11(8)7-16)20-12-3-2-9(15)6-10(12)14(18)19/h2-6H,1H3,(H,18,19). The molecule has 0 saturated carbocycles. The maximum Gasteiger partial charge on any atom is 0.339 e. The first-order chi connectivity index (χ1) is 9.52. The van der Waals surface area contributed by atoms with Crippen LogP contribution in [0, 0.1) is 24.1 Å². The van der Waals surface area contributed by atoms with Crippen LogP contribution >= 0.6 is 0 Å². The highest BCUT2D eigenvalue weighted by atomic mass is 19.1. The Morgan fingerprint density at radius 2 is 2.20 bits per heavy atom. The first-order valence-corrected chi connectivity index (χ1v) is 5.59. The zero-order chi connectivity index (χ0) is 14.7. The molecule has 1 N–H and O–H groups in total. The minimum atomic E-state index is -1.33. The second-order valence-corrected chi connectivity index (χ2v) is 3.97. The Labute approximate surface area is 113 Å². The lowest BCUT2D eigenvalue weighted by atomic mass is 10.1. The van der Waals surface area contributed by atoms with Crippen molar-refractivity contribution in [3.63, 3.8) is 0 Å². The first-order valence-electron chi connectivity index (χ1n) is 5.59. The monoisotopic (exact) mass is 272 g/mol. The second kappa shape index (κ2) is 5.36. The molecular formula is C14H9FN2O3. The Bertz CT molecular complexity index is 723. The van der Waals surface area contributed by atoms with Crippen molar-refractivity contribution in [2.45, 2.75) is 6.92 Å². The molecule has 100 valence electrons. The van der Waals surface area contributed by atoms with Crippen LogP contribution in [0.15, 0.2) is 30.5 Å². The van der Waals surface area contributed by atoms with E-state index in [1.807, 2.05) is 6.07 Å². The van der Waals surface area contributed by atoms with E-state index in [0.717, 1.165) is 12.1 Å². The molecule has 0 atom stereocenters. The molecular weight excluding hydrogens is 263 g/mol. The number of rotatable bonds is 3. The molecule has 20 heavy (non-hydrogen) atoms. The molecule has 0 aliphatic heterocycles. The van der Waals surface area contributed by atoms with Gasteiger partial charge in [-0.05, 0) is 36.8 Å². The van der Waals surface area contributed by atoms with Crippen molar-refractivity contribution in [1.82, 2.24) is 4.98 Å². The molecule has 1 aromatic carbocycles. The van der Waals surface area contributed by atoms with Crippen molar-refractivity contribution in [2.75, 3.05) is 0 Å². The number of carbonyl (C=O) groups is 1.